The summed E-state index contributed by atoms with van der Waals surface area (Å²) in [7, 11) is 0. The fourth-order valence-electron chi connectivity index (χ4n) is 1.42. The molecule has 0 fully saturated rings. The van der Waals surface area contributed by atoms with Crippen LogP contribution in [0.1, 0.15) is 64.7 Å². The molecule has 0 aliphatic heterocycles. The zero-order chi connectivity index (χ0) is 12.5. The molecule has 0 aliphatic rings. The van der Waals surface area contributed by atoms with Crippen molar-refractivity contribution < 1.29 is 0 Å². The minimum Gasteiger partial charge on any atom is -0.103 e. The van der Waals surface area contributed by atoms with E-state index in [1.807, 2.05) is 6.08 Å². The summed E-state index contributed by atoms with van der Waals surface area (Å²) in [5.74, 6) is 0. The van der Waals surface area contributed by atoms with Crippen LogP contribution in [0.4, 0.5) is 0 Å². The molecular weight excluding hydrogens is 192 g/mol. The van der Waals surface area contributed by atoms with E-state index in [1.165, 1.54) is 57.8 Å². The fourth-order valence-corrected chi connectivity index (χ4v) is 1.42. The molecule has 94 valence electrons. The van der Waals surface area contributed by atoms with Crippen LogP contribution < -0.4 is 0 Å². The number of hydrogen-bond acceptors (Lipinski definition) is 0. The second-order valence-corrected chi connectivity index (χ2v) is 4.02. The van der Waals surface area contributed by atoms with Gasteiger partial charge in [-0.05, 0) is 12.8 Å². The number of rotatable bonds is 10. The van der Waals surface area contributed by atoms with Gasteiger partial charge in [0.05, 0.1) is 0 Å². The molecule has 0 heteroatoms. The van der Waals surface area contributed by atoms with Gasteiger partial charge in [0.25, 0.3) is 0 Å². The molecule has 0 nitrogen and oxygen atoms in total. The highest BCUT2D eigenvalue weighted by Crippen LogP contribution is 2.09. The Bertz CT molecular complexity index is 138. The van der Waals surface area contributed by atoms with Gasteiger partial charge in [0.2, 0.25) is 0 Å². The monoisotopic (exact) mass is 222 g/mol. The van der Waals surface area contributed by atoms with E-state index >= 15 is 0 Å². The molecule has 0 heterocycles. The van der Waals surface area contributed by atoms with Gasteiger partial charge in [-0.3, -0.25) is 0 Å². The first-order valence-corrected chi connectivity index (χ1v) is 6.67. The third kappa shape index (κ3) is 23.2. The molecule has 0 rings (SSSR count). The Morgan fingerprint density at radius 2 is 1.12 bits per heavy atom. The summed E-state index contributed by atoms with van der Waals surface area (Å²) in [6, 6.07) is 0. The van der Waals surface area contributed by atoms with Gasteiger partial charge in [0.15, 0.2) is 0 Å². The normalized spacial score (nSPS) is 8.81. The average molecular weight is 222 g/mol. The van der Waals surface area contributed by atoms with Gasteiger partial charge in [0, 0.05) is 0 Å². The van der Waals surface area contributed by atoms with Crippen LogP contribution in [0.2, 0.25) is 0 Å². The van der Waals surface area contributed by atoms with E-state index in [1.54, 1.807) is 12.2 Å². The van der Waals surface area contributed by atoms with Crippen LogP contribution in [-0.2, 0) is 0 Å². The Hall–Kier alpha value is -0.780. The Balaban J connectivity index is 0. The highest BCUT2D eigenvalue weighted by atomic mass is 14.0. The maximum atomic E-state index is 3.72. The first-order chi connectivity index (χ1) is 7.83. The molecule has 0 N–H and O–H groups in total. The van der Waals surface area contributed by atoms with Crippen LogP contribution in [-0.4, -0.2) is 0 Å². The summed E-state index contributed by atoms with van der Waals surface area (Å²) in [6.45, 7) is 12.7. The van der Waals surface area contributed by atoms with Crippen molar-refractivity contribution >= 4 is 0 Å². The maximum Gasteiger partial charge on any atom is -0.0353 e. The van der Waals surface area contributed by atoms with Crippen LogP contribution in [0, 0.1) is 0 Å². The van der Waals surface area contributed by atoms with Crippen LogP contribution in [0.3, 0.4) is 0 Å². The SMILES string of the molecule is C=CC=C.C=CCCCCCCCCCC. The van der Waals surface area contributed by atoms with Crippen LogP contribution >= 0.6 is 0 Å². The van der Waals surface area contributed by atoms with E-state index in [0.717, 1.165) is 0 Å². The minimum absolute atomic E-state index is 1.20. The van der Waals surface area contributed by atoms with Crippen molar-refractivity contribution in [3.05, 3.63) is 38.0 Å². The molecule has 0 bridgehead atoms. The fraction of sp³-hybridized carbons (Fsp3) is 0.625. The van der Waals surface area contributed by atoms with E-state index < -0.39 is 0 Å². The molecule has 16 heavy (non-hydrogen) atoms. The summed E-state index contributed by atoms with van der Waals surface area (Å²) in [6.07, 6.45) is 17.8. The van der Waals surface area contributed by atoms with Crippen LogP contribution in [0.25, 0.3) is 0 Å². The zero-order valence-electron chi connectivity index (χ0n) is 11.2. The molecule has 0 spiro atoms. The first-order valence-electron chi connectivity index (χ1n) is 6.67. The second kappa shape index (κ2) is 19.7. The summed E-state index contributed by atoms with van der Waals surface area (Å²) in [5, 5.41) is 0. The van der Waals surface area contributed by atoms with E-state index in [2.05, 4.69) is 26.7 Å². The largest absolute Gasteiger partial charge is 0.103 e. The zero-order valence-corrected chi connectivity index (χ0v) is 11.2. The second-order valence-electron chi connectivity index (χ2n) is 4.02. The van der Waals surface area contributed by atoms with Gasteiger partial charge in [-0.2, -0.15) is 0 Å². The summed E-state index contributed by atoms with van der Waals surface area (Å²) in [5.41, 5.74) is 0. The van der Waals surface area contributed by atoms with Gasteiger partial charge < -0.3 is 0 Å². The Kier molecular flexibility index (Phi) is 21.7. The van der Waals surface area contributed by atoms with Crippen molar-refractivity contribution in [3.8, 4) is 0 Å². The van der Waals surface area contributed by atoms with Gasteiger partial charge >= 0.3 is 0 Å². The number of hydrogen-bond donors (Lipinski definition) is 0. The van der Waals surface area contributed by atoms with Gasteiger partial charge in [0.1, 0.15) is 0 Å². The topological polar surface area (TPSA) is 0 Å². The molecule has 0 atom stereocenters. The van der Waals surface area contributed by atoms with Crippen molar-refractivity contribution in [1.29, 1.82) is 0 Å². The third-order valence-electron chi connectivity index (χ3n) is 2.43. The molecule has 0 unspecified atom stereocenters. The van der Waals surface area contributed by atoms with Crippen LogP contribution in [0.5, 0.6) is 0 Å². The molecule has 0 radical (unpaired) electrons. The summed E-state index contributed by atoms with van der Waals surface area (Å²) in [4.78, 5) is 0. The van der Waals surface area contributed by atoms with Crippen molar-refractivity contribution in [2.24, 2.45) is 0 Å². The van der Waals surface area contributed by atoms with Crippen molar-refractivity contribution in [2.45, 2.75) is 64.7 Å². The quantitative estimate of drug-likeness (QED) is 0.239. The van der Waals surface area contributed by atoms with Crippen molar-refractivity contribution in [2.75, 3.05) is 0 Å². The standard InChI is InChI=1S/C12H24.C4H6/c1-3-5-7-9-11-12-10-8-6-4-2;1-3-4-2/h3H,1,4-12H2,2H3;3-4H,1-2H2. The highest BCUT2D eigenvalue weighted by molar-refractivity contribution is 4.88. The molecular formula is C16H30. The highest BCUT2D eigenvalue weighted by Gasteiger charge is 1.89. The maximum absolute atomic E-state index is 3.72. The Morgan fingerprint density at radius 3 is 1.50 bits per heavy atom. The van der Waals surface area contributed by atoms with Crippen molar-refractivity contribution in [3.63, 3.8) is 0 Å². The molecule has 0 saturated carbocycles. The van der Waals surface area contributed by atoms with Gasteiger partial charge in [-0.1, -0.05) is 83.3 Å². The van der Waals surface area contributed by atoms with E-state index in [0.29, 0.717) is 0 Å². The Morgan fingerprint density at radius 1 is 0.688 bits per heavy atom. The smallest absolute Gasteiger partial charge is 0.0353 e. The molecule has 0 amide bonds. The average Bonchev–Trinajstić information content (AvgIpc) is 2.33. The lowest BCUT2D eigenvalue weighted by atomic mass is 10.1. The number of allylic oxidation sites excluding steroid dienone is 3. The summed E-state index contributed by atoms with van der Waals surface area (Å²) >= 11 is 0. The van der Waals surface area contributed by atoms with Crippen molar-refractivity contribution in [1.82, 2.24) is 0 Å². The van der Waals surface area contributed by atoms with Crippen LogP contribution in [0.15, 0.2) is 38.0 Å². The van der Waals surface area contributed by atoms with Gasteiger partial charge in [-0.15, -0.1) is 6.58 Å². The van der Waals surface area contributed by atoms with Gasteiger partial charge in [-0.25, -0.2) is 0 Å². The Labute approximate surface area is 103 Å². The van der Waals surface area contributed by atoms with E-state index in [-0.39, 0.29) is 0 Å². The number of unbranched alkanes of at least 4 members (excludes halogenated alkanes) is 8. The predicted molar refractivity (Wildman–Crippen MR) is 77.8 cm³/mol. The lowest BCUT2D eigenvalue weighted by Crippen LogP contribution is -1.79. The third-order valence-corrected chi connectivity index (χ3v) is 2.43. The molecule has 0 aromatic rings. The minimum atomic E-state index is 1.20. The molecule has 0 aromatic heterocycles. The lowest BCUT2D eigenvalue weighted by Gasteiger charge is -1.99. The molecule has 0 aromatic carbocycles. The lowest BCUT2D eigenvalue weighted by molar-refractivity contribution is 0.578. The first kappa shape index (κ1) is 17.6. The molecule has 0 aliphatic carbocycles. The predicted octanol–water partition coefficient (Wildman–Crippen LogP) is 6.06. The van der Waals surface area contributed by atoms with E-state index in [9.17, 15) is 0 Å². The summed E-state index contributed by atoms with van der Waals surface area (Å²) < 4.78 is 0. The van der Waals surface area contributed by atoms with E-state index in [4.69, 9.17) is 0 Å². The molecule has 0 saturated heterocycles.